The molecule has 188 valence electrons. The fourth-order valence-electron chi connectivity index (χ4n) is 4.79. The Morgan fingerprint density at radius 3 is 3.03 bits per heavy atom. The molecule has 1 saturated carbocycles. The molecule has 1 saturated heterocycles. The van der Waals surface area contributed by atoms with Crippen molar-refractivity contribution in [2.24, 2.45) is 13.0 Å². The lowest BCUT2D eigenvalue weighted by Crippen LogP contribution is -2.33. The molecule has 0 radical (unpaired) electrons. The van der Waals surface area contributed by atoms with Gasteiger partial charge >= 0.3 is 6.09 Å². The number of ether oxygens (including phenoxy) is 3. The van der Waals surface area contributed by atoms with Crippen molar-refractivity contribution >= 4 is 28.6 Å². The SMILES string of the molecule is CC(C)NC(=O)OC1CCC(c2cc(Nc3nccc4c(OCC5CCOC5)nn(C)c34)n[nH]2)C1. The van der Waals surface area contributed by atoms with Crippen molar-refractivity contribution in [2.45, 2.75) is 57.6 Å². The smallest absolute Gasteiger partial charge is 0.407 e. The molecule has 11 nitrogen and oxygen atoms in total. The average molecular weight is 484 g/mol. The molecule has 0 aromatic carbocycles. The fraction of sp³-hybridized carbons (Fsp3) is 0.583. The first-order valence-electron chi connectivity index (χ1n) is 12.3. The van der Waals surface area contributed by atoms with Crippen molar-refractivity contribution in [2.75, 3.05) is 25.1 Å². The van der Waals surface area contributed by atoms with Gasteiger partial charge in [-0.1, -0.05) is 0 Å². The van der Waals surface area contributed by atoms with Gasteiger partial charge in [-0.25, -0.2) is 9.78 Å². The predicted octanol–water partition coefficient (Wildman–Crippen LogP) is 3.62. The minimum atomic E-state index is -0.354. The Hall–Kier alpha value is -3.34. The number of pyridine rings is 1. The highest BCUT2D eigenvalue weighted by molar-refractivity contribution is 5.93. The number of anilines is 2. The second kappa shape index (κ2) is 10.1. The largest absolute Gasteiger partial charge is 0.476 e. The van der Waals surface area contributed by atoms with E-state index in [1.54, 1.807) is 10.9 Å². The van der Waals surface area contributed by atoms with Gasteiger partial charge in [0, 0.05) is 49.5 Å². The highest BCUT2D eigenvalue weighted by atomic mass is 16.6. The van der Waals surface area contributed by atoms with Crippen molar-refractivity contribution in [3.63, 3.8) is 0 Å². The maximum atomic E-state index is 11.9. The summed E-state index contributed by atoms with van der Waals surface area (Å²) in [5.41, 5.74) is 1.86. The van der Waals surface area contributed by atoms with Crippen LogP contribution in [0.2, 0.25) is 0 Å². The van der Waals surface area contributed by atoms with E-state index in [0.29, 0.717) is 30.0 Å². The zero-order chi connectivity index (χ0) is 24.4. The molecule has 4 heterocycles. The second-order valence-corrected chi connectivity index (χ2v) is 9.69. The number of amides is 1. The van der Waals surface area contributed by atoms with Gasteiger partial charge in [0.25, 0.3) is 0 Å². The zero-order valence-corrected chi connectivity index (χ0v) is 20.4. The van der Waals surface area contributed by atoms with Crippen molar-refractivity contribution in [3.05, 3.63) is 24.0 Å². The molecule has 1 amide bonds. The number of carbonyl (C=O) groups excluding carboxylic acids is 1. The summed E-state index contributed by atoms with van der Waals surface area (Å²) in [7, 11) is 1.88. The molecule has 2 fully saturated rings. The Kier molecular flexibility index (Phi) is 6.76. The molecule has 11 heteroatoms. The molecule has 1 aliphatic carbocycles. The van der Waals surface area contributed by atoms with Gasteiger partial charge in [0.1, 0.15) is 11.6 Å². The molecule has 3 atom stereocenters. The number of H-pyrrole nitrogens is 1. The molecule has 5 rings (SSSR count). The second-order valence-electron chi connectivity index (χ2n) is 9.69. The van der Waals surface area contributed by atoms with E-state index in [9.17, 15) is 4.79 Å². The molecule has 3 aromatic heterocycles. The first kappa shape index (κ1) is 23.4. The van der Waals surface area contributed by atoms with Gasteiger partial charge in [0.2, 0.25) is 5.88 Å². The van der Waals surface area contributed by atoms with Crippen LogP contribution in [0.15, 0.2) is 18.3 Å². The molecule has 3 N–H and O–H groups in total. The van der Waals surface area contributed by atoms with Crippen LogP contribution in [-0.4, -0.2) is 63.0 Å². The summed E-state index contributed by atoms with van der Waals surface area (Å²) in [6.45, 7) is 5.95. The number of nitrogens with zero attached hydrogens (tertiary/aromatic N) is 4. The molecule has 35 heavy (non-hydrogen) atoms. The lowest BCUT2D eigenvalue weighted by atomic mass is 10.0. The number of hydrogen-bond acceptors (Lipinski definition) is 8. The number of rotatable bonds is 8. The van der Waals surface area contributed by atoms with Crippen LogP contribution >= 0.6 is 0 Å². The maximum Gasteiger partial charge on any atom is 0.407 e. The van der Waals surface area contributed by atoms with E-state index in [4.69, 9.17) is 14.2 Å². The van der Waals surface area contributed by atoms with Gasteiger partial charge in [-0.15, -0.1) is 5.10 Å². The van der Waals surface area contributed by atoms with Crippen LogP contribution in [0.4, 0.5) is 16.4 Å². The Balaban J connectivity index is 1.24. The Bertz CT molecular complexity index is 1170. The molecule has 3 aromatic rings. The monoisotopic (exact) mass is 483 g/mol. The number of hydrogen-bond donors (Lipinski definition) is 3. The van der Waals surface area contributed by atoms with Crippen LogP contribution in [0, 0.1) is 5.92 Å². The molecule has 1 aliphatic heterocycles. The number of alkyl carbamates (subject to hydrolysis) is 1. The quantitative estimate of drug-likeness (QED) is 0.443. The van der Waals surface area contributed by atoms with Crippen LogP contribution in [-0.2, 0) is 16.5 Å². The third-order valence-electron chi connectivity index (χ3n) is 6.55. The van der Waals surface area contributed by atoms with Crippen LogP contribution in [0.25, 0.3) is 10.9 Å². The molecule has 3 unspecified atom stereocenters. The van der Waals surface area contributed by atoms with Crippen molar-refractivity contribution in [3.8, 4) is 5.88 Å². The van der Waals surface area contributed by atoms with Gasteiger partial charge in [-0.2, -0.15) is 5.10 Å². The first-order chi connectivity index (χ1) is 17.0. The number of aromatic nitrogens is 5. The number of carbonyl (C=O) groups is 1. The Morgan fingerprint density at radius 2 is 2.23 bits per heavy atom. The summed E-state index contributed by atoms with van der Waals surface area (Å²) in [6, 6.07) is 3.97. The fourth-order valence-corrected chi connectivity index (χ4v) is 4.79. The third-order valence-corrected chi connectivity index (χ3v) is 6.55. The standard InChI is InChI=1S/C24H33N7O4/c1-14(2)26-24(32)35-17-5-4-16(10-17)19-11-20(29-28-19)27-22-21-18(6-8-25-22)23(30-31(21)3)34-13-15-7-9-33-12-15/h6,8,11,14-17H,4-5,7,9-10,12-13H2,1-3H3,(H,26,32)(H2,25,27,28,29). The van der Waals surface area contributed by atoms with Crippen molar-refractivity contribution in [1.82, 2.24) is 30.3 Å². The van der Waals surface area contributed by atoms with E-state index in [0.717, 1.165) is 55.5 Å². The maximum absolute atomic E-state index is 11.9. The third kappa shape index (κ3) is 5.34. The van der Waals surface area contributed by atoms with Gasteiger partial charge in [-0.3, -0.25) is 9.78 Å². The lowest BCUT2D eigenvalue weighted by Gasteiger charge is -2.14. The van der Waals surface area contributed by atoms with Gasteiger partial charge in [-0.05, 0) is 45.6 Å². The number of nitrogens with one attached hydrogen (secondary N) is 3. The van der Waals surface area contributed by atoms with Gasteiger partial charge < -0.3 is 24.8 Å². The van der Waals surface area contributed by atoms with E-state index in [-0.39, 0.29) is 24.2 Å². The predicted molar refractivity (Wildman–Crippen MR) is 130 cm³/mol. The Morgan fingerprint density at radius 1 is 1.34 bits per heavy atom. The highest BCUT2D eigenvalue weighted by Gasteiger charge is 2.30. The number of fused-ring (bicyclic) bond motifs is 1. The van der Waals surface area contributed by atoms with Gasteiger partial charge in [0.05, 0.1) is 18.6 Å². The van der Waals surface area contributed by atoms with Gasteiger partial charge in [0.15, 0.2) is 11.6 Å². The summed E-state index contributed by atoms with van der Waals surface area (Å²) < 4.78 is 18.8. The minimum absolute atomic E-state index is 0.0583. The average Bonchev–Trinajstić information content (AvgIpc) is 3.60. The molecule has 0 bridgehead atoms. The highest BCUT2D eigenvalue weighted by Crippen LogP contribution is 2.36. The number of aryl methyl sites for hydroxylation is 1. The van der Waals surface area contributed by atoms with E-state index in [1.165, 1.54) is 0 Å². The topological polar surface area (TPSA) is 128 Å². The van der Waals surface area contributed by atoms with E-state index in [1.807, 2.05) is 33.0 Å². The summed E-state index contributed by atoms with van der Waals surface area (Å²) in [5, 5.41) is 19.1. The summed E-state index contributed by atoms with van der Waals surface area (Å²) in [6.07, 6.45) is 4.86. The first-order valence-corrected chi connectivity index (χ1v) is 12.3. The molecular formula is C24H33N7O4. The molecular weight excluding hydrogens is 450 g/mol. The van der Waals surface area contributed by atoms with Crippen LogP contribution in [0.1, 0.15) is 51.1 Å². The van der Waals surface area contributed by atoms with Crippen LogP contribution < -0.4 is 15.4 Å². The van der Waals surface area contributed by atoms with E-state index < -0.39 is 0 Å². The van der Waals surface area contributed by atoms with E-state index in [2.05, 4.69) is 30.9 Å². The number of aromatic amines is 1. The molecule has 0 spiro atoms. The zero-order valence-electron chi connectivity index (χ0n) is 20.4. The summed E-state index contributed by atoms with van der Waals surface area (Å²) >= 11 is 0. The van der Waals surface area contributed by atoms with Crippen LogP contribution in [0.3, 0.4) is 0 Å². The van der Waals surface area contributed by atoms with E-state index >= 15 is 0 Å². The van der Waals surface area contributed by atoms with Crippen molar-refractivity contribution < 1.29 is 19.0 Å². The Labute approximate surface area is 203 Å². The van der Waals surface area contributed by atoms with Crippen molar-refractivity contribution in [1.29, 1.82) is 0 Å². The lowest BCUT2D eigenvalue weighted by molar-refractivity contribution is 0.0981. The summed E-state index contributed by atoms with van der Waals surface area (Å²) in [4.78, 5) is 16.4. The normalized spacial score (nSPS) is 22.1. The molecule has 2 aliphatic rings. The summed E-state index contributed by atoms with van der Waals surface area (Å²) in [5.74, 6) is 2.59. The van der Waals surface area contributed by atoms with Crippen LogP contribution in [0.5, 0.6) is 5.88 Å². The minimum Gasteiger partial charge on any atom is -0.476 e.